The first kappa shape index (κ1) is 23.2. The molecule has 5 aromatic rings. The van der Waals surface area contributed by atoms with Crippen LogP contribution >= 0.6 is 11.6 Å². The Morgan fingerprint density at radius 3 is 2.42 bits per heavy atom. The Hall–Kier alpha value is -3.96. The van der Waals surface area contributed by atoms with Gasteiger partial charge < -0.3 is 29.3 Å². The standard InChI is InChI=1S/C27H22ClN5O5/c28-18-11-19-25(32-26(30-19)38-21-13-37-23-20(34)12-36-24(21)23)31-22(18)16-3-1-14(2-4-16)15-5-7-17(8-6-15)33-10-9-29-27(33)35/h1-11,20-21,23-24,34H,12-13H2,(H,29,35)(H,30,31,32)/t20-,21-,23-,24-/m1/s1. The molecule has 0 bridgehead atoms. The number of ether oxygens (including phenoxy) is 3. The molecule has 7 rings (SSSR count). The number of pyridine rings is 1. The highest BCUT2D eigenvalue weighted by Crippen LogP contribution is 2.33. The number of rotatable bonds is 5. The fraction of sp³-hybridized carbons (Fsp3) is 0.222. The van der Waals surface area contributed by atoms with Crippen molar-refractivity contribution in [2.24, 2.45) is 0 Å². The maximum atomic E-state index is 11.8. The number of aromatic amines is 2. The molecule has 0 radical (unpaired) electrons. The Balaban J connectivity index is 1.11. The van der Waals surface area contributed by atoms with Crippen LogP contribution in [0, 0.1) is 0 Å². The van der Waals surface area contributed by atoms with E-state index in [2.05, 4.69) is 19.9 Å². The third kappa shape index (κ3) is 3.98. The number of nitrogens with one attached hydrogen (secondary N) is 2. The van der Waals surface area contributed by atoms with Gasteiger partial charge in [0.2, 0.25) is 0 Å². The topological polar surface area (TPSA) is 127 Å². The van der Waals surface area contributed by atoms with E-state index in [1.54, 1.807) is 23.0 Å². The number of aromatic nitrogens is 5. The Kier molecular flexibility index (Phi) is 5.55. The van der Waals surface area contributed by atoms with E-state index in [-0.39, 0.29) is 30.6 Å². The van der Waals surface area contributed by atoms with Gasteiger partial charge in [-0.3, -0.25) is 4.57 Å². The number of H-pyrrole nitrogens is 2. The van der Waals surface area contributed by atoms with Crippen molar-refractivity contribution < 1.29 is 19.3 Å². The normalized spacial score (nSPS) is 22.7. The molecule has 0 amide bonds. The lowest BCUT2D eigenvalue weighted by atomic mass is 10.0. The number of aliphatic hydroxyl groups excluding tert-OH is 1. The zero-order valence-electron chi connectivity index (χ0n) is 19.9. The van der Waals surface area contributed by atoms with E-state index in [1.165, 1.54) is 0 Å². The molecule has 11 heteroatoms. The SMILES string of the molecule is O=c1[nH]ccn1-c1ccc(-c2ccc(-c3nc4nc(O[C@@H]5CO[C@H]6[C@@H]5OC[C@H]6O)[nH]c4cc3Cl)cc2)cc1. The van der Waals surface area contributed by atoms with Crippen molar-refractivity contribution in [2.75, 3.05) is 13.2 Å². The van der Waals surface area contributed by atoms with Gasteiger partial charge >= 0.3 is 5.69 Å². The van der Waals surface area contributed by atoms with Crippen LogP contribution in [0.2, 0.25) is 5.02 Å². The van der Waals surface area contributed by atoms with E-state index < -0.39 is 6.10 Å². The van der Waals surface area contributed by atoms with E-state index in [4.69, 9.17) is 25.8 Å². The fourth-order valence-electron chi connectivity index (χ4n) is 5.00. The molecule has 3 N–H and O–H groups in total. The number of halogens is 1. The molecule has 3 aromatic heterocycles. The van der Waals surface area contributed by atoms with Gasteiger partial charge in [0.1, 0.15) is 18.3 Å². The molecule has 0 aliphatic carbocycles. The smallest absolute Gasteiger partial charge is 0.330 e. The molecular formula is C27H22ClN5O5. The number of imidazole rings is 2. The molecule has 2 aliphatic heterocycles. The summed E-state index contributed by atoms with van der Waals surface area (Å²) in [6.07, 6.45) is 1.57. The molecule has 2 saturated heterocycles. The molecular weight excluding hydrogens is 510 g/mol. The highest BCUT2D eigenvalue weighted by Gasteiger charge is 2.48. The van der Waals surface area contributed by atoms with E-state index in [0.29, 0.717) is 34.5 Å². The first-order valence-electron chi connectivity index (χ1n) is 12.1. The lowest BCUT2D eigenvalue weighted by Gasteiger charge is -2.15. The Labute approximate surface area is 220 Å². The third-order valence-corrected chi connectivity index (χ3v) is 7.22. The molecule has 10 nitrogen and oxygen atoms in total. The van der Waals surface area contributed by atoms with Crippen molar-refractivity contribution in [3.8, 4) is 34.1 Å². The molecule has 2 fully saturated rings. The lowest BCUT2D eigenvalue weighted by molar-refractivity contribution is 0.00706. The quantitative estimate of drug-likeness (QED) is 0.317. The second-order valence-corrected chi connectivity index (χ2v) is 9.72. The first-order valence-corrected chi connectivity index (χ1v) is 12.5. The highest BCUT2D eigenvalue weighted by atomic mass is 35.5. The summed E-state index contributed by atoms with van der Waals surface area (Å²) < 4.78 is 18.8. The van der Waals surface area contributed by atoms with Crippen LogP contribution in [-0.2, 0) is 9.47 Å². The van der Waals surface area contributed by atoms with Gasteiger partial charge in [-0.25, -0.2) is 9.78 Å². The Morgan fingerprint density at radius 1 is 0.974 bits per heavy atom. The van der Waals surface area contributed by atoms with Gasteiger partial charge in [-0.15, -0.1) is 0 Å². The average molecular weight is 532 g/mol. The maximum absolute atomic E-state index is 11.8. The summed E-state index contributed by atoms with van der Waals surface area (Å²) in [4.78, 5) is 26.8. The van der Waals surface area contributed by atoms with Crippen molar-refractivity contribution in [1.82, 2.24) is 24.5 Å². The van der Waals surface area contributed by atoms with E-state index in [9.17, 15) is 9.90 Å². The predicted octanol–water partition coefficient (Wildman–Crippen LogP) is 3.33. The van der Waals surface area contributed by atoms with Gasteiger partial charge in [0, 0.05) is 18.0 Å². The number of benzene rings is 2. The van der Waals surface area contributed by atoms with Crippen LogP contribution in [0.5, 0.6) is 6.01 Å². The largest absolute Gasteiger partial charge is 0.456 e. The lowest BCUT2D eigenvalue weighted by Crippen LogP contribution is -2.34. The van der Waals surface area contributed by atoms with Gasteiger partial charge in [-0.1, -0.05) is 48.0 Å². The van der Waals surface area contributed by atoms with Gasteiger partial charge in [0.15, 0.2) is 11.8 Å². The number of hydrogen-bond donors (Lipinski definition) is 3. The summed E-state index contributed by atoms with van der Waals surface area (Å²) in [5, 5.41) is 10.4. The predicted molar refractivity (Wildman–Crippen MR) is 140 cm³/mol. The average Bonchev–Trinajstić information content (AvgIpc) is 3.71. The van der Waals surface area contributed by atoms with Crippen molar-refractivity contribution in [3.63, 3.8) is 0 Å². The van der Waals surface area contributed by atoms with E-state index >= 15 is 0 Å². The molecule has 4 atom stereocenters. The molecule has 0 spiro atoms. The zero-order valence-corrected chi connectivity index (χ0v) is 20.6. The van der Waals surface area contributed by atoms with Crippen molar-refractivity contribution in [1.29, 1.82) is 0 Å². The monoisotopic (exact) mass is 531 g/mol. The molecule has 0 unspecified atom stereocenters. The second kappa shape index (κ2) is 9.10. The fourth-order valence-corrected chi connectivity index (χ4v) is 5.26. The summed E-state index contributed by atoms with van der Waals surface area (Å²) in [7, 11) is 0. The molecule has 5 heterocycles. The minimum atomic E-state index is -0.645. The maximum Gasteiger partial charge on any atom is 0.330 e. The van der Waals surface area contributed by atoms with Crippen molar-refractivity contribution in [3.05, 3.63) is 82.5 Å². The minimum Gasteiger partial charge on any atom is -0.456 e. The number of nitrogens with zero attached hydrogens (tertiary/aromatic N) is 3. The van der Waals surface area contributed by atoms with Gasteiger partial charge in [-0.2, -0.15) is 4.98 Å². The summed E-state index contributed by atoms with van der Waals surface area (Å²) >= 11 is 6.59. The van der Waals surface area contributed by atoms with Crippen LogP contribution in [-0.4, -0.2) is 67.2 Å². The van der Waals surface area contributed by atoms with Crippen LogP contribution in [0.1, 0.15) is 0 Å². The molecule has 2 aromatic carbocycles. The molecule has 2 aliphatic rings. The summed E-state index contributed by atoms with van der Waals surface area (Å²) in [6, 6.07) is 17.7. The van der Waals surface area contributed by atoms with Gasteiger partial charge in [0.25, 0.3) is 6.01 Å². The molecule has 192 valence electrons. The van der Waals surface area contributed by atoms with Crippen molar-refractivity contribution in [2.45, 2.75) is 24.4 Å². The summed E-state index contributed by atoms with van der Waals surface area (Å²) in [5.74, 6) is 0. The molecule has 38 heavy (non-hydrogen) atoms. The van der Waals surface area contributed by atoms with Crippen LogP contribution in [0.4, 0.5) is 0 Å². The third-order valence-electron chi connectivity index (χ3n) is 6.94. The second-order valence-electron chi connectivity index (χ2n) is 9.31. The van der Waals surface area contributed by atoms with Crippen LogP contribution < -0.4 is 10.4 Å². The number of fused-ring (bicyclic) bond motifs is 2. The Morgan fingerprint density at radius 2 is 1.68 bits per heavy atom. The minimum absolute atomic E-state index is 0.178. The summed E-state index contributed by atoms with van der Waals surface area (Å²) in [6.45, 7) is 0.539. The first-order chi connectivity index (χ1) is 18.5. The molecule has 0 saturated carbocycles. The van der Waals surface area contributed by atoms with E-state index in [1.807, 2.05) is 48.5 Å². The number of aliphatic hydroxyl groups is 1. The van der Waals surface area contributed by atoms with Gasteiger partial charge in [-0.05, 0) is 29.3 Å². The summed E-state index contributed by atoms with van der Waals surface area (Å²) in [5.41, 5.74) is 5.23. The number of hydrogen-bond acceptors (Lipinski definition) is 7. The van der Waals surface area contributed by atoms with Crippen LogP contribution in [0.25, 0.3) is 39.2 Å². The highest BCUT2D eigenvalue weighted by molar-refractivity contribution is 6.33. The van der Waals surface area contributed by atoms with E-state index in [0.717, 1.165) is 22.4 Å². The van der Waals surface area contributed by atoms with Gasteiger partial charge in [0.05, 0.1) is 35.1 Å². The van der Waals surface area contributed by atoms with Crippen LogP contribution in [0.3, 0.4) is 0 Å². The zero-order chi connectivity index (χ0) is 25.8. The Bertz CT molecular complexity index is 1680. The van der Waals surface area contributed by atoms with Crippen molar-refractivity contribution >= 4 is 22.8 Å². The van der Waals surface area contributed by atoms with Crippen LogP contribution in [0.15, 0.2) is 71.8 Å².